The molecule has 148 valence electrons. The molecule has 0 fully saturated rings. The van der Waals surface area contributed by atoms with E-state index in [1.165, 1.54) is 0 Å². The molecule has 0 spiro atoms. The number of esters is 1. The average Bonchev–Trinajstić information content (AvgIpc) is 2.82. The van der Waals surface area contributed by atoms with Gasteiger partial charge in [-0.1, -0.05) is 79.7 Å². The summed E-state index contributed by atoms with van der Waals surface area (Å²) in [4.78, 5) is 30.0. The SMILES string of the molecule is CCc1ccc(C(=O)COC(=O)c2cc(-c3ccccc3)nc3ccccc23)cc1. The molecule has 4 aromatic rings. The second-order valence-corrected chi connectivity index (χ2v) is 6.99. The van der Waals surface area contributed by atoms with E-state index in [1.54, 1.807) is 18.2 Å². The number of benzene rings is 3. The van der Waals surface area contributed by atoms with Gasteiger partial charge in [0.2, 0.25) is 0 Å². The number of aryl methyl sites for hydroxylation is 1. The highest BCUT2D eigenvalue weighted by molar-refractivity contribution is 6.06. The Bertz CT molecular complexity index is 1200. The Morgan fingerprint density at radius 2 is 1.57 bits per heavy atom. The summed E-state index contributed by atoms with van der Waals surface area (Å²) < 4.78 is 5.38. The van der Waals surface area contributed by atoms with Gasteiger partial charge in [-0.3, -0.25) is 4.79 Å². The van der Waals surface area contributed by atoms with E-state index in [4.69, 9.17) is 4.74 Å². The van der Waals surface area contributed by atoms with Crippen molar-refractivity contribution < 1.29 is 14.3 Å². The molecule has 0 unspecified atom stereocenters. The first-order valence-electron chi connectivity index (χ1n) is 9.90. The van der Waals surface area contributed by atoms with Gasteiger partial charge >= 0.3 is 5.97 Å². The van der Waals surface area contributed by atoms with Gasteiger partial charge in [-0.25, -0.2) is 9.78 Å². The molecular formula is C26H21NO3. The first kappa shape index (κ1) is 19.5. The summed E-state index contributed by atoms with van der Waals surface area (Å²) in [6.45, 7) is 1.75. The molecule has 1 aromatic heterocycles. The number of rotatable bonds is 6. The molecule has 0 saturated carbocycles. The van der Waals surface area contributed by atoms with Gasteiger partial charge in [-0.15, -0.1) is 0 Å². The molecule has 30 heavy (non-hydrogen) atoms. The van der Waals surface area contributed by atoms with Crippen LogP contribution in [0.3, 0.4) is 0 Å². The van der Waals surface area contributed by atoms with Gasteiger partial charge in [0.25, 0.3) is 0 Å². The number of carbonyl (C=O) groups is 2. The Morgan fingerprint density at radius 1 is 0.867 bits per heavy atom. The third-order valence-corrected chi connectivity index (χ3v) is 5.02. The van der Waals surface area contributed by atoms with E-state index in [-0.39, 0.29) is 12.4 Å². The number of hydrogen-bond donors (Lipinski definition) is 0. The third-order valence-electron chi connectivity index (χ3n) is 5.02. The van der Waals surface area contributed by atoms with Crippen LogP contribution < -0.4 is 0 Å². The van der Waals surface area contributed by atoms with Crippen LogP contribution in [0.4, 0.5) is 0 Å². The Hall–Kier alpha value is -3.79. The molecule has 0 amide bonds. The summed E-state index contributed by atoms with van der Waals surface area (Å²) in [6, 6.07) is 26.2. The molecule has 0 N–H and O–H groups in total. The van der Waals surface area contributed by atoms with E-state index >= 15 is 0 Å². The van der Waals surface area contributed by atoms with Crippen molar-refractivity contribution >= 4 is 22.7 Å². The number of hydrogen-bond acceptors (Lipinski definition) is 4. The predicted molar refractivity (Wildman–Crippen MR) is 118 cm³/mol. The van der Waals surface area contributed by atoms with Crippen LogP contribution in [0.2, 0.25) is 0 Å². The van der Waals surface area contributed by atoms with Crippen LogP contribution in [0, 0.1) is 0 Å². The molecule has 4 heteroatoms. The highest BCUT2D eigenvalue weighted by Crippen LogP contribution is 2.25. The monoisotopic (exact) mass is 395 g/mol. The summed E-state index contributed by atoms with van der Waals surface area (Å²) in [6.07, 6.45) is 0.905. The standard InChI is InChI=1S/C26H21NO3/c1-2-18-12-14-20(15-13-18)25(28)17-30-26(29)22-16-24(19-8-4-3-5-9-19)27-23-11-7-6-10-21(22)23/h3-16H,2,17H2,1H3. The van der Waals surface area contributed by atoms with E-state index in [0.717, 1.165) is 17.5 Å². The lowest BCUT2D eigenvalue weighted by atomic mass is 10.0. The van der Waals surface area contributed by atoms with Gasteiger partial charge in [0.05, 0.1) is 16.8 Å². The van der Waals surface area contributed by atoms with Crippen LogP contribution in [-0.2, 0) is 11.2 Å². The fourth-order valence-electron chi connectivity index (χ4n) is 3.32. The molecular weight excluding hydrogens is 374 g/mol. The quantitative estimate of drug-likeness (QED) is 0.319. The number of pyridine rings is 1. The van der Waals surface area contributed by atoms with Crippen LogP contribution in [0.1, 0.15) is 33.2 Å². The predicted octanol–water partition coefficient (Wildman–Crippen LogP) is 5.50. The molecule has 0 bridgehead atoms. The maximum absolute atomic E-state index is 12.9. The fraction of sp³-hybridized carbons (Fsp3) is 0.115. The number of Topliss-reactive ketones (excluding diaryl/α,β-unsaturated/α-hetero) is 1. The first-order valence-corrected chi connectivity index (χ1v) is 9.90. The van der Waals surface area contributed by atoms with Gasteiger partial charge in [0.15, 0.2) is 12.4 Å². The highest BCUT2D eigenvalue weighted by atomic mass is 16.5. The van der Waals surface area contributed by atoms with Gasteiger partial charge in [0, 0.05) is 16.5 Å². The summed E-state index contributed by atoms with van der Waals surface area (Å²) in [5, 5.41) is 0.696. The largest absolute Gasteiger partial charge is 0.454 e. The Morgan fingerprint density at radius 3 is 2.30 bits per heavy atom. The lowest BCUT2D eigenvalue weighted by Crippen LogP contribution is -2.15. The molecule has 0 saturated heterocycles. The van der Waals surface area contributed by atoms with Crippen LogP contribution >= 0.6 is 0 Å². The van der Waals surface area contributed by atoms with Crippen LogP contribution in [0.15, 0.2) is 84.9 Å². The van der Waals surface area contributed by atoms with E-state index in [9.17, 15) is 9.59 Å². The summed E-state index contributed by atoms with van der Waals surface area (Å²) >= 11 is 0. The molecule has 0 atom stereocenters. The number of fused-ring (bicyclic) bond motifs is 1. The molecule has 1 heterocycles. The lowest BCUT2D eigenvalue weighted by molar-refractivity contribution is 0.0476. The van der Waals surface area contributed by atoms with Crippen LogP contribution in [-0.4, -0.2) is 23.3 Å². The van der Waals surface area contributed by atoms with Crippen LogP contribution in [0.5, 0.6) is 0 Å². The number of ether oxygens (including phenoxy) is 1. The van der Waals surface area contributed by atoms with Crippen molar-refractivity contribution in [3.8, 4) is 11.3 Å². The van der Waals surface area contributed by atoms with E-state index in [1.807, 2.05) is 66.7 Å². The summed E-state index contributed by atoms with van der Waals surface area (Å²) in [5.74, 6) is -0.767. The number of ketones is 1. The topological polar surface area (TPSA) is 56.3 Å². The maximum atomic E-state index is 12.9. The third kappa shape index (κ3) is 4.13. The Balaban J connectivity index is 1.59. The molecule has 0 aliphatic carbocycles. The van der Waals surface area contributed by atoms with Crippen molar-refractivity contribution in [1.29, 1.82) is 0 Å². The van der Waals surface area contributed by atoms with Crippen molar-refractivity contribution in [3.63, 3.8) is 0 Å². The minimum absolute atomic E-state index is 0.229. The number of carbonyl (C=O) groups excluding carboxylic acids is 2. The van der Waals surface area contributed by atoms with Crippen LogP contribution in [0.25, 0.3) is 22.2 Å². The lowest BCUT2D eigenvalue weighted by Gasteiger charge is -2.10. The van der Waals surface area contributed by atoms with Gasteiger partial charge in [0.1, 0.15) is 0 Å². The zero-order valence-corrected chi connectivity index (χ0v) is 16.7. The number of aromatic nitrogens is 1. The van der Waals surface area contributed by atoms with Crippen molar-refractivity contribution in [2.24, 2.45) is 0 Å². The van der Waals surface area contributed by atoms with E-state index in [0.29, 0.717) is 27.7 Å². The second-order valence-electron chi connectivity index (χ2n) is 6.99. The summed E-state index contributed by atoms with van der Waals surface area (Å²) in [5.41, 5.74) is 4.37. The Kier molecular flexibility index (Phi) is 5.66. The van der Waals surface area contributed by atoms with Crippen molar-refractivity contribution in [3.05, 3.63) is 102 Å². The Labute approximate surface area is 175 Å². The second kappa shape index (κ2) is 8.70. The van der Waals surface area contributed by atoms with Crippen molar-refractivity contribution in [2.75, 3.05) is 6.61 Å². The van der Waals surface area contributed by atoms with Crippen molar-refractivity contribution in [1.82, 2.24) is 4.98 Å². The van der Waals surface area contributed by atoms with Gasteiger partial charge in [-0.2, -0.15) is 0 Å². The van der Waals surface area contributed by atoms with E-state index < -0.39 is 5.97 Å². The molecule has 3 aromatic carbocycles. The zero-order valence-electron chi connectivity index (χ0n) is 16.7. The minimum Gasteiger partial charge on any atom is -0.454 e. The highest BCUT2D eigenvalue weighted by Gasteiger charge is 2.17. The van der Waals surface area contributed by atoms with Gasteiger partial charge < -0.3 is 4.74 Å². The molecule has 0 aliphatic heterocycles. The minimum atomic E-state index is -0.538. The average molecular weight is 395 g/mol. The molecule has 4 nitrogen and oxygen atoms in total. The smallest absolute Gasteiger partial charge is 0.339 e. The molecule has 0 aliphatic rings. The summed E-state index contributed by atoms with van der Waals surface area (Å²) in [7, 11) is 0. The normalized spacial score (nSPS) is 10.7. The van der Waals surface area contributed by atoms with E-state index in [2.05, 4.69) is 11.9 Å². The molecule has 4 rings (SSSR count). The fourth-order valence-corrected chi connectivity index (χ4v) is 3.32. The maximum Gasteiger partial charge on any atom is 0.339 e. The number of para-hydroxylation sites is 1. The number of nitrogens with zero attached hydrogens (tertiary/aromatic N) is 1. The van der Waals surface area contributed by atoms with Crippen molar-refractivity contribution in [2.45, 2.75) is 13.3 Å². The zero-order chi connectivity index (χ0) is 20.9. The first-order chi connectivity index (χ1) is 14.7. The molecule has 0 radical (unpaired) electrons. The van der Waals surface area contributed by atoms with Gasteiger partial charge in [-0.05, 0) is 24.1 Å².